The Labute approximate surface area is 128 Å². The summed E-state index contributed by atoms with van der Waals surface area (Å²) in [6.45, 7) is 7.71. The van der Waals surface area contributed by atoms with Crippen molar-refractivity contribution in [2.75, 3.05) is 13.1 Å². The molecular formula is C17H26N2S. The second-order valence-corrected chi connectivity index (χ2v) is 6.94. The van der Waals surface area contributed by atoms with E-state index in [0.29, 0.717) is 4.99 Å². The monoisotopic (exact) mass is 290 g/mol. The van der Waals surface area contributed by atoms with Crippen LogP contribution in [-0.2, 0) is 13.0 Å². The van der Waals surface area contributed by atoms with Gasteiger partial charge in [-0.2, -0.15) is 0 Å². The van der Waals surface area contributed by atoms with Crippen molar-refractivity contribution >= 4 is 17.2 Å². The van der Waals surface area contributed by atoms with E-state index < -0.39 is 0 Å². The van der Waals surface area contributed by atoms with Crippen LogP contribution in [0, 0.1) is 5.41 Å². The highest BCUT2D eigenvalue weighted by Crippen LogP contribution is 2.24. The third-order valence-corrected chi connectivity index (χ3v) is 4.93. The Hall–Kier alpha value is -0.930. The molecule has 1 aromatic carbocycles. The van der Waals surface area contributed by atoms with Crippen molar-refractivity contribution in [2.45, 2.75) is 46.1 Å². The summed E-state index contributed by atoms with van der Waals surface area (Å²) in [5.41, 5.74) is 8.81. The Morgan fingerprint density at radius 2 is 2.00 bits per heavy atom. The molecule has 0 radical (unpaired) electrons. The number of rotatable bonds is 5. The molecule has 0 spiro atoms. The molecule has 2 N–H and O–H groups in total. The van der Waals surface area contributed by atoms with Gasteiger partial charge in [0, 0.05) is 12.0 Å². The van der Waals surface area contributed by atoms with E-state index in [9.17, 15) is 0 Å². The van der Waals surface area contributed by atoms with Crippen LogP contribution in [0.4, 0.5) is 0 Å². The van der Waals surface area contributed by atoms with E-state index in [-0.39, 0.29) is 5.41 Å². The van der Waals surface area contributed by atoms with Gasteiger partial charge in [-0.1, -0.05) is 50.3 Å². The van der Waals surface area contributed by atoms with E-state index in [0.717, 1.165) is 25.9 Å². The first-order chi connectivity index (χ1) is 9.49. The SMILES string of the molecule is CC(C)(CCCN1CCCc2ccccc2C1)C(N)=S. The van der Waals surface area contributed by atoms with E-state index in [1.807, 2.05) is 0 Å². The summed E-state index contributed by atoms with van der Waals surface area (Å²) in [6.07, 6.45) is 4.70. The summed E-state index contributed by atoms with van der Waals surface area (Å²) >= 11 is 5.14. The second-order valence-electron chi connectivity index (χ2n) is 6.50. The Morgan fingerprint density at radius 1 is 1.30 bits per heavy atom. The lowest BCUT2D eigenvalue weighted by Crippen LogP contribution is -2.31. The summed E-state index contributed by atoms with van der Waals surface area (Å²) in [5.74, 6) is 0. The standard InChI is InChI=1S/C17H26N2S/c1-17(2,16(18)20)10-6-12-19-11-5-9-14-7-3-4-8-15(14)13-19/h3-4,7-8H,5-6,9-13H2,1-2H3,(H2,18,20). The van der Waals surface area contributed by atoms with E-state index in [1.54, 1.807) is 0 Å². The average molecular weight is 290 g/mol. The van der Waals surface area contributed by atoms with Crippen molar-refractivity contribution in [2.24, 2.45) is 11.1 Å². The molecule has 0 fully saturated rings. The molecule has 2 nitrogen and oxygen atoms in total. The fraction of sp³-hybridized carbons (Fsp3) is 0.588. The van der Waals surface area contributed by atoms with Crippen LogP contribution in [0.3, 0.4) is 0 Å². The Kier molecular flexibility index (Phi) is 5.17. The number of nitrogens with zero attached hydrogens (tertiary/aromatic N) is 1. The number of aryl methyl sites for hydroxylation is 1. The molecule has 1 heterocycles. The first-order valence-corrected chi connectivity index (χ1v) is 7.99. The van der Waals surface area contributed by atoms with Crippen LogP contribution in [-0.4, -0.2) is 23.0 Å². The second kappa shape index (κ2) is 6.68. The van der Waals surface area contributed by atoms with Gasteiger partial charge in [-0.05, 0) is 49.9 Å². The Bertz CT molecular complexity index is 468. The Balaban J connectivity index is 1.87. The maximum Gasteiger partial charge on any atom is 0.0784 e. The summed E-state index contributed by atoms with van der Waals surface area (Å²) < 4.78 is 0. The van der Waals surface area contributed by atoms with Crippen LogP contribution in [0.1, 0.15) is 44.2 Å². The quantitative estimate of drug-likeness (QED) is 0.841. The van der Waals surface area contributed by atoms with Gasteiger partial charge in [-0.15, -0.1) is 0 Å². The Morgan fingerprint density at radius 3 is 2.70 bits per heavy atom. The molecule has 0 aromatic heterocycles. The third kappa shape index (κ3) is 4.03. The molecular weight excluding hydrogens is 264 g/mol. The molecule has 0 amide bonds. The number of hydrogen-bond acceptors (Lipinski definition) is 2. The molecule has 110 valence electrons. The predicted molar refractivity (Wildman–Crippen MR) is 89.8 cm³/mol. The lowest BCUT2D eigenvalue weighted by atomic mass is 9.88. The van der Waals surface area contributed by atoms with Gasteiger partial charge in [0.05, 0.1) is 4.99 Å². The maximum atomic E-state index is 5.80. The van der Waals surface area contributed by atoms with Gasteiger partial charge < -0.3 is 5.73 Å². The zero-order valence-corrected chi connectivity index (χ0v) is 13.5. The van der Waals surface area contributed by atoms with Crippen molar-refractivity contribution < 1.29 is 0 Å². The molecule has 0 unspecified atom stereocenters. The van der Waals surface area contributed by atoms with Crippen molar-refractivity contribution in [3.8, 4) is 0 Å². The van der Waals surface area contributed by atoms with Crippen LogP contribution in [0.5, 0.6) is 0 Å². The van der Waals surface area contributed by atoms with Gasteiger partial charge in [0.2, 0.25) is 0 Å². The predicted octanol–water partition coefficient (Wildman–Crippen LogP) is 3.53. The van der Waals surface area contributed by atoms with Gasteiger partial charge >= 0.3 is 0 Å². The molecule has 3 heteroatoms. The highest BCUT2D eigenvalue weighted by atomic mass is 32.1. The van der Waals surface area contributed by atoms with Gasteiger partial charge in [0.25, 0.3) is 0 Å². The third-order valence-electron chi connectivity index (χ3n) is 4.38. The molecule has 0 atom stereocenters. The van der Waals surface area contributed by atoms with E-state index >= 15 is 0 Å². The molecule has 0 saturated heterocycles. The number of thiocarbonyl (C=S) groups is 1. The number of hydrogen-bond donors (Lipinski definition) is 1. The lowest BCUT2D eigenvalue weighted by Gasteiger charge is -2.26. The van der Waals surface area contributed by atoms with Crippen LogP contribution >= 0.6 is 12.2 Å². The molecule has 1 aliphatic heterocycles. The van der Waals surface area contributed by atoms with Gasteiger partial charge in [0.1, 0.15) is 0 Å². The van der Waals surface area contributed by atoms with E-state index in [1.165, 1.54) is 30.5 Å². The molecule has 1 aliphatic rings. The lowest BCUT2D eigenvalue weighted by molar-refractivity contribution is 0.253. The first kappa shape index (κ1) is 15.5. The minimum absolute atomic E-state index is 0.0148. The fourth-order valence-electron chi connectivity index (χ4n) is 2.83. The van der Waals surface area contributed by atoms with Gasteiger partial charge in [-0.3, -0.25) is 4.90 Å². The molecule has 0 bridgehead atoms. The van der Waals surface area contributed by atoms with Crippen LogP contribution in [0.15, 0.2) is 24.3 Å². The van der Waals surface area contributed by atoms with Gasteiger partial charge in [0.15, 0.2) is 0 Å². The van der Waals surface area contributed by atoms with E-state index in [4.69, 9.17) is 18.0 Å². The topological polar surface area (TPSA) is 29.3 Å². The smallest absolute Gasteiger partial charge is 0.0784 e. The maximum absolute atomic E-state index is 5.80. The number of nitrogens with two attached hydrogens (primary N) is 1. The van der Waals surface area contributed by atoms with Gasteiger partial charge in [-0.25, -0.2) is 0 Å². The summed E-state index contributed by atoms with van der Waals surface area (Å²) in [5, 5.41) is 0. The molecule has 0 saturated carbocycles. The zero-order chi connectivity index (χ0) is 14.6. The van der Waals surface area contributed by atoms with Crippen molar-refractivity contribution in [1.82, 2.24) is 4.90 Å². The van der Waals surface area contributed by atoms with Crippen LogP contribution < -0.4 is 5.73 Å². The molecule has 20 heavy (non-hydrogen) atoms. The zero-order valence-electron chi connectivity index (χ0n) is 12.7. The fourth-order valence-corrected chi connectivity index (χ4v) is 2.93. The summed E-state index contributed by atoms with van der Waals surface area (Å²) in [7, 11) is 0. The average Bonchev–Trinajstić information content (AvgIpc) is 2.60. The van der Waals surface area contributed by atoms with E-state index in [2.05, 4.69) is 43.0 Å². The highest BCUT2D eigenvalue weighted by molar-refractivity contribution is 7.80. The largest absolute Gasteiger partial charge is 0.393 e. The first-order valence-electron chi connectivity index (χ1n) is 7.58. The van der Waals surface area contributed by atoms with Crippen LogP contribution in [0.2, 0.25) is 0 Å². The highest BCUT2D eigenvalue weighted by Gasteiger charge is 2.21. The van der Waals surface area contributed by atoms with Crippen molar-refractivity contribution in [1.29, 1.82) is 0 Å². The number of fused-ring (bicyclic) bond motifs is 1. The molecule has 1 aromatic rings. The summed E-state index contributed by atoms with van der Waals surface area (Å²) in [4.78, 5) is 3.21. The minimum Gasteiger partial charge on any atom is -0.393 e. The normalized spacial score (nSPS) is 16.5. The minimum atomic E-state index is -0.0148. The van der Waals surface area contributed by atoms with Crippen molar-refractivity contribution in [3.05, 3.63) is 35.4 Å². The van der Waals surface area contributed by atoms with Crippen molar-refractivity contribution in [3.63, 3.8) is 0 Å². The molecule has 0 aliphatic carbocycles. The molecule has 2 rings (SSSR count). The number of benzene rings is 1. The van der Waals surface area contributed by atoms with Crippen LogP contribution in [0.25, 0.3) is 0 Å². The summed E-state index contributed by atoms with van der Waals surface area (Å²) in [6, 6.07) is 8.85.